The Morgan fingerprint density at radius 2 is 2.05 bits per heavy atom. The number of carbonyl (C=O) groups is 1. The van der Waals surface area contributed by atoms with Gasteiger partial charge in [0.2, 0.25) is 5.91 Å². The van der Waals surface area contributed by atoms with Crippen LogP contribution in [-0.4, -0.2) is 52.1 Å². The Balaban J connectivity index is 1.80. The Morgan fingerprint density at radius 3 is 2.74 bits per heavy atom. The Kier molecular flexibility index (Phi) is 3.10. The summed E-state index contributed by atoms with van der Waals surface area (Å²) in [7, 11) is 0. The predicted octanol–water partition coefficient (Wildman–Crippen LogP) is 0.125. The number of aliphatic hydroxyl groups excluding tert-OH is 1. The van der Waals surface area contributed by atoms with E-state index in [0.29, 0.717) is 0 Å². The van der Waals surface area contributed by atoms with Crippen molar-refractivity contribution < 1.29 is 9.90 Å². The Labute approximate surface area is 112 Å². The fourth-order valence-electron chi connectivity index (χ4n) is 2.87. The topological polar surface area (TPSA) is 69.6 Å². The summed E-state index contributed by atoms with van der Waals surface area (Å²) in [6, 6.07) is 0. The number of carbonyl (C=O) groups excluding carboxylic acids is 1. The zero-order chi connectivity index (χ0) is 13.4. The minimum atomic E-state index is -0.449. The number of hydrogen-bond donors (Lipinski definition) is 1. The van der Waals surface area contributed by atoms with Crippen molar-refractivity contribution in [3.63, 3.8) is 0 Å². The van der Waals surface area contributed by atoms with Gasteiger partial charge in [0.1, 0.15) is 12.1 Å². The standard InChI is InChI=1S/C13H18N4O2/c1-9(18)16-4-6-17(7-5-16)13-10-2-3-11(19)12(10)14-8-15-13/h8,11,19H,2-7H2,1H3. The molecule has 1 fully saturated rings. The SMILES string of the molecule is CC(=O)N1CCN(c2ncnc3c2CCC3O)CC1. The zero-order valence-electron chi connectivity index (χ0n) is 11.0. The molecule has 1 amide bonds. The van der Waals surface area contributed by atoms with Gasteiger partial charge in [0, 0.05) is 38.7 Å². The van der Waals surface area contributed by atoms with Crippen molar-refractivity contribution in [1.82, 2.24) is 14.9 Å². The first-order chi connectivity index (χ1) is 9.16. The average molecular weight is 262 g/mol. The lowest BCUT2D eigenvalue weighted by Gasteiger charge is -2.35. The molecule has 1 atom stereocenters. The molecule has 1 aromatic rings. The van der Waals surface area contributed by atoms with Crippen molar-refractivity contribution in [3.8, 4) is 0 Å². The molecule has 1 N–H and O–H groups in total. The van der Waals surface area contributed by atoms with Crippen LogP contribution >= 0.6 is 0 Å². The summed E-state index contributed by atoms with van der Waals surface area (Å²) in [4.78, 5) is 23.9. The van der Waals surface area contributed by atoms with E-state index in [-0.39, 0.29) is 5.91 Å². The van der Waals surface area contributed by atoms with Crippen molar-refractivity contribution in [2.75, 3.05) is 31.1 Å². The van der Waals surface area contributed by atoms with Crippen molar-refractivity contribution in [3.05, 3.63) is 17.6 Å². The van der Waals surface area contributed by atoms with Crippen LogP contribution in [0.1, 0.15) is 30.7 Å². The van der Waals surface area contributed by atoms with E-state index >= 15 is 0 Å². The highest BCUT2D eigenvalue weighted by Gasteiger charge is 2.28. The van der Waals surface area contributed by atoms with Gasteiger partial charge < -0.3 is 14.9 Å². The Bertz CT molecular complexity index is 497. The van der Waals surface area contributed by atoms with Gasteiger partial charge in [-0.3, -0.25) is 4.79 Å². The first-order valence-electron chi connectivity index (χ1n) is 6.69. The molecule has 0 bridgehead atoms. The third-order valence-electron chi connectivity index (χ3n) is 3.96. The van der Waals surface area contributed by atoms with Gasteiger partial charge >= 0.3 is 0 Å². The first kappa shape index (κ1) is 12.3. The predicted molar refractivity (Wildman–Crippen MR) is 69.8 cm³/mol. The highest BCUT2D eigenvalue weighted by atomic mass is 16.3. The van der Waals surface area contributed by atoms with Gasteiger partial charge in [0.05, 0.1) is 11.8 Å². The van der Waals surface area contributed by atoms with E-state index in [9.17, 15) is 9.90 Å². The fourth-order valence-corrected chi connectivity index (χ4v) is 2.87. The number of fused-ring (bicyclic) bond motifs is 1. The maximum Gasteiger partial charge on any atom is 0.219 e. The number of rotatable bonds is 1. The lowest BCUT2D eigenvalue weighted by atomic mass is 10.2. The smallest absolute Gasteiger partial charge is 0.219 e. The lowest BCUT2D eigenvalue weighted by molar-refractivity contribution is -0.129. The maximum atomic E-state index is 11.3. The molecule has 6 heteroatoms. The molecule has 0 radical (unpaired) electrons. The van der Waals surface area contributed by atoms with Crippen LogP contribution < -0.4 is 4.90 Å². The molecule has 1 aliphatic heterocycles. The van der Waals surface area contributed by atoms with Gasteiger partial charge in [-0.15, -0.1) is 0 Å². The van der Waals surface area contributed by atoms with Crippen LogP contribution in [0.3, 0.4) is 0 Å². The molecule has 19 heavy (non-hydrogen) atoms. The van der Waals surface area contributed by atoms with Crippen LogP contribution in [0.15, 0.2) is 6.33 Å². The summed E-state index contributed by atoms with van der Waals surface area (Å²) in [5.41, 5.74) is 1.85. The van der Waals surface area contributed by atoms with Crippen LogP contribution in [-0.2, 0) is 11.2 Å². The van der Waals surface area contributed by atoms with E-state index in [4.69, 9.17) is 0 Å². The summed E-state index contributed by atoms with van der Waals surface area (Å²) in [5, 5.41) is 9.86. The average Bonchev–Trinajstić information content (AvgIpc) is 2.81. The van der Waals surface area contributed by atoms with Crippen molar-refractivity contribution in [1.29, 1.82) is 0 Å². The van der Waals surface area contributed by atoms with E-state index in [1.54, 1.807) is 6.92 Å². The van der Waals surface area contributed by atoms with Crippen molar-refractivity contribution in [2.45, 2.75) is 25.9 Å². The van der Waals surface area contributed by atoms with E-state index in [0.717, 1.165) is 56.1 Å². The van der Waals surface area contributed by atoms with E-state index < -0.39 is 6.10 Å². The molecule has 1 aliphatic carbocycles. The number of piperazine rings is 1. The zero-order valence-corrected chi connectivity index (χ0v) is 11.0. The minimum absolute atomic E-state index is 0.128. The molecule has 0 aromatic carbocycles. The van der Waals surface area contributed by atoms with Gasteiger partial charge in [-0.05, 0) is 12.8 Å². The Morgan fingerprint density at radius 1 is 1.32 bits per heavy atom. The molecule has 102 valence electrons. The fraction of sp³-hybridized carbons (Fsp3) is 0.615. The molecule has 1 saturated heterocycles. The molecule has 2 heterocycles. The molecule has 6 nitrogen and oxygen atoms in total. The van der Waals surface area contributed by atoms with Crippen LogP contribution in [0, 0.1) is 0 Å². The molecule has 2 aliphatic rings. The number of amides is 1. The van der Waals surface area contributed by atoms with Crippen LogP contribution in [0.2, 0.25) is 0 Å². The number of aliphatic hydroxyl groups is 1. The minimum Gasteiger partial charge on any atom is -0.387 e. The largest absolute Gasteiger partial charge is 0.387 e. The molecule has 3 rings (SSSR count). The van der Waals surface area contributed by atoms with Crippen LogP contribution in [0.4, 0.5) is 5.82 Å². The normalized spacial score (nSPS) is 22.5. The molecule has 0 spiro atoms. The third-order valence-corrected chi connectivity index (χ3v) is 3.96. The van der Waals surface area contributed by atoms with Gasteiger partial charge in [0.15, 0.2) is 0 Å². The van der Waals surface area contributed by atoms with Gasteiger partial charge in [-0.25, -0.2) is 9.97 Å². The van der Waals surface area contributed by atoms with Crippen molar-refractivity contribution >= 4 is 11.7 Å². The molecule has 0 saturated carbocycles. The van der Waals surface area contributed by atoms with E-state index in [1.807, 2.05) is 4.90 Å². The molecular weight excluding hydrogens is 244 g/mol. The summed E-state index contributed by atoms with van der Waals surface area (Å²) < 4.78 is 0. The van der Waals surface area contributed by atoms with Gasteiger partial charge in [-0.2, -0.15) is 0 Å². The summed E-state index contributed by atoms with van der Waals surface area (Å²) in [6.45, 7) is 4.65. The number of nitrogens with zero attached hydrogens (tertiary/aromatic N) is 4. The number of hydrogen-bond acceptors (Lipinski definition) is 5. The van der Waals surface area contributed by atoms with Crippen LogP contribution in [0.25, 0.3) is 0 Å². The maximum absolute atomic E-state index is 11.3. The highest BCUT2D eigenvalue weighted by Crippen LogP contribution is 2.34. The van der Waals surface area contributed by atoms with Crippen molar-refractivity contribution in [2.24, 2.45) is 0 Å². The summed E-state index contributed by atoms with van der Waals surface area (Å²) >= 11 is 0. The van der Waals surface area contributed by atoms with Crippen LogP contribution in [0.5, 0.6) is 0 Å². The second kappa shape index (κ2) is 4.77. The Hall–Kier alpha value is -1.69. The number of aromatic nitrogens is 2. The molecular formula is C13H18N4O2. The summed E-state index contributed by atoms with van der Waals surface area (Å²) in [5.74, 6) is 1.06. The second-order valence-corrected chi connectivity index (χ2v) is 5.11. The highest BCUT2D eigenvalue weighted by molar-refractivity contribution is 5.73. The third kappa shape index (κ3) is 2.16. The monoisotopic (exact) mass is 262 g/mol. The quantitative estimate of drug-likeness (QED) is 0.778. The number of anilines is 1. The summed E-state index contributed by atoms with van der Waals surface area (Å²) in [6.07, 6.45) is 2.64. The molecule has 1 aromatic heterocycles. The second-order valence-electron chi connectivity index (χ2n) is 5.11. The van der Waals surface area contributed by atoms with E-state index in [1.165, 1.54) is 6.33 Å². The lowest BCUT2D eigenvalue weighted by Crippen LogP contribution is -2.48. The van der Waals surface area contributed by atoms with E-state index in [2.05, 4.69) is 14.9 Å². The van der Waals surface area contributed by atoms with Gasteiger partial charge in [0.25, 0.3) is 0 Å². The molecule has 1 unspecified atom stereocenters. The van der Waals surface area contributed by atoms with Gasteiger partial charge in [-0.1, -0.05) is 0 Å². The first-order valence-corrected chi connectivity index (χ1v) is 6.69.